The number of benzene rings is 1. The highest BCUT2D eigenvalue weighted by molar-refractivity contribution is 7.89. The van der Waals surface area contributed by atoms with Crippen LogP contribution in [0.2, 0.25) is 0 Å². The van der Waals surface area contributed by atoms with Crippen LogP contribution in [0.15, 0.2) is 35.4 Å². The van der Waals surface area contributed by atoms with E-state index < -0.39 is 10.0 Å². The SMILES string of the molecule is CCCCc1ncc(CN2CCCC(CNS(=O)(=O)c3ccc(OC)cc3)C2)[nH]1. The summed E-state index contributed by atoms with van der Waals surface area (Å²) >= 11 is 0. The number of H-pyrrole nitrogens is 1. The van der Waals surface area contributed by atoms with Crippen molar-refractivity contribution in [2.45, 2.75) is 50.5 Å². The molecule has 1 atom stereocenters. The van der Waals surface area contributed by atoms with Crippen LogP contribution in [0.1, 0.15) is 44.1 Å². The van der Waals surface area contributed by atoms with Gasteiger partial charge in [-0.2, -0.15) is 0 Å². The van der Waals surface area contributed by atoms with Crippen molar-refractivity contribution in [1.29, 1.82) is 0 Å². The molecule has 1 aromatic heterocycles. The van der Waals surface area contributed by atoms with Crippen LogP contribution in [0.3, 0.4) is 0 Å². The number of ether oxygens (including phenoxy) is 1. The quantitative estimate of drug-likeness (QED) is 0.617. The van der Waals surface area contributed by atoms with Gasteiger partial charge in [0.25, 0.3) is 0 Å². The number of imidazole rings is 1. The Labute approximate surface area is 173 Å². The van der Waals surface area contributed by atoms with Crippen LogP contribution < -0.4 is 9.46 Å². The number of nitrogens with one attached hydrogen (secondary N) is 2. The molecule has 0 saturated carbocycles. The molecule has 1 aliphatic heterocycles. The second kappa shape index (κ2) is 10.2. The molecule has 3 rings (SSSR count). The summed E-state index contributed by atoms with van der Waals surface area (Å²) in [5.74, 6) is 2.01. The van der Waals surface area contributed by atoms with E-state index in [2.05, 4.69) is 26.5 Å². The lowest BCUT2D eigenvalue weighted by Crippen LogP contribution is -2.40. The number of aromatic amines is 1. The normalized spacial score (nSPS) is 18.1. The molecule has 2 aromatic rings. The number of rotatable bonds is 10. The zero-order chi connectivity index (χ0) is 20.7. The lowest BCUT2D eigenvalue weighted by Gasteiger charge is -2.32. The second-order valence-corrected chi connectivity index (χ2v) is 9.50. The number of hydrogen-bond acceptors (Lipinski definition) is 5. The topological polar surface area (TPSA) is 87.3 Å². The van der Waals surface area contributed by atoms with E-state index in [1.807, 2.05) is 6.20 Å². The lowest BCUT2D eigenvalue weighted by atomic mass is 9.98. The first-order chi connectivity index (χ1) is 14.0. The molecule has 2 N–H and O–H groups in total. The Morgan fingerprint density at radius 2 is 2.10 bits per heavy atom. The molecular weight excluding hydrogens is 388 g/mol. The largest absolute Gasteiger partial charge is 0.497 e. The molecule has 160 valence electrons. The van der Waals surface area contributed by atoms with Gasteiger partial charge in [0.05, 0.1) is 12.0 Å². The molecule has 0 bridgehead atoms. The van der Waals surface area contributed by atoms with E-state index >= 15 is 0 Å². The maximum absolute atomic E-state index is 12.6. The van der Waals surface area contributed by atoms with Gasteiger partial charge in [-0.25, -0.2) is 18.1 Å². The molecular formula is C21H32N4O3S. The fraction of sp³-hybridized carbons (Fsp3) is 0.571. The molecule has 29 heavy (non-hydrogen) atoms. The fourth-order valence-corrected chi connectivity index (χ4v) is 4.84. The standard InChI is InChI=1S/C21H32N4O3S/c1-3-4-7-21-22-14-18(24-21)16-25-12-5-6-17(15-25)13-23-29(26,27)20-10-8-19(28-2)9-11-20/h8-11,14,17,23H,3-7,12-13,15-16H2,1-2H3,(H,22,24). The first-order valence-corrected chi connectivity index (χ1v) is 11.9. The molecule has 8 heteroatoms. The second-order valence-electron chi connectivity index (χ2n) is 7.73. The van der Waals surface area contributed by atoms with E-state index in [-0.39, 0.29) is 4.90 Å². The summed E-state index contributed by atoms with van der Waals surface area (Å²) in [6.07, 6.45) is 7.34. The number of unbranched alkanes of at least 4 members (excludes halogenated alkanes) is 1. The predicted octanol–water partition coefficient (Wildman–Crippen LogP) is 2.95. The van der Waals surface area contributed by atoms with Gasteiger partial charge in [-0.05, 0) is 56.0 Å². The smallest absolute Gasteiger partial charge is 0.240 e. The van der Waals surface area contributed by atoms with Gasteiger partial charge in [0.1, 0.15) is 11.6 Å². The van der Waals surface area contributed by atoms with Crippen molar-refractivity contribution in [3.63, 3.8) is 0 Å². The average Bonchev–Trinajstić information content (AvgIpc) is 3.18. The van der Waals surface area contributed by atoms with Gasteiger partial charge in [-0.15, -0.1) is 0 Å². The molecule has 0 spiro atoms. The van der Waals surface area contributed by atoms with Gasteiger partial charge in [0, 0.05) is 37.9 Å². The number of aromatic nitrogens is 2. The van der Waals surface area contributed by atoms with Crippen LogP contribution >= 0.6 is 0 Å². The summed E-state index contributed by atoms with van der Waals surface area (Å²) in [7, 11) is -1.95. The Morgan fingerprint density at radius 1 is 1.31 bits per heavy atom. The molecule has 7 nitrogen and oxygen atoms in total. The van der Waals surface area contributed by atoms with Gasteiger partial charge in [0.15, 0.2) is 0 Å². The van der Waals surface area contributed by atoms with Crippen molar-refractivity contribution in [1.82, 2.24) is 19.6 Å². The summed E-state index contributed by atoms with van der Waals surface area (Å²) < 4.78 is 33.0. The van der Waals surface area contributed by atoms with Crippen LogP contribution in [0.25, 0.3) is 0 Å². The van der Waals surface area contributed by atoms with Crippen molar-refractivity contribution in [3.05, 3.63) is 42.0 Å². The van der Waals surface area contributed by atoms with E-state index in [0.29, 0.717) is 18.2 Å². The third kappa shape index (κ3) is 6.29. The minimum Gasteiger partial charge on any atom is -0.497 e. The number of likely N-dealkylation sites (tertiary alicyclic amines) is 1. The highest BCUT2D eigenvalue weighted by Crippen LogP contribution is 2.20. The Hall–Kier alpha value is -1.90. The minimum atomic E-state index is -3.51. The molecule has 2 heterocycles. The van der Waals surface area contributed by atoms with Gasteiger partial charge in [-0.3, -0.25) is 4.90 Å². The van der Waals surface area contributed by atoms with E-state index in [4.69, 9.17) is 4.74 Å². The third-order valence-electron chi connectivity index (χ3n) is 5.38. The van der Waals surface area contributed by atoms with Crippen LogP contribution in [0.5, 0.6) is 5.75 Å². The summed E-state index contributed by atoms with van der Waals surface area (Å²) in [5.41, 5.74) is 1.13. The predicted molar refractivity (Wildman–Crippen MR) is 113 cm³/mol. The first kappa shape index (κ1) is 21.8. The van der Waals surface area contributed by atoms with Gasteiger partial charge >= 0.3 is 0 Å². The summed E-state index contributed by atoms with van der Waals surface area (Å²) in [5, 5.41) is 0. The number of piperidine rings is 1. The maximum Gasteiger partial charge on any atom is 0.240 e. The van der Waals surface area contributed by atoms with E-state index in [0.717, 1.165) is 63.3 Å². The van der Waals surface area contributed by atoms with E-state index in [9.17, 15) is 8.42 Å². The maximum atomic E-state index is 12.6. The number of hydrogen-bond donors (Lipinski definition) is 2. The number of sulfonamides is 1. The van der Waals surface area contributed by atoms with Crippen molar-refractivity contribution >= 4 is 10.0 Å². The third-order valence-corrected chi connectivity index (χ3v) is 6.82. The Kier molecular flexibility index (Phi) is 7.69. The zero-order valence-corrected chi connectivity index (χ0v) is 18.2. The van der Waals surface area contributed by atoms with Crippen molar-refractivity contribution in [2.24, 2.45) is 5.92 Å². The Morgan fingerprint density at radius 3 is 2.83 bits per heavy atom. The summed E-state index contributed by atoms with van der Waals surface area (Å²) in [4.78, 5) is 10.5. The highest BCUT2D eigenvalue weighted by Gasteiger charge is 2.23. The van der Waals surface area contributed by atoms with Crippen LogP contribution in [-0.4, -0.2) is 50.0 Å². The fourth-order valence-electron chi connectivity index (χ4n) is 3.73. The number of methoxy groups -OCH3 is 1. The molecule has 1 aromatic carbocycles. The molecule has 1 unspecified atom stereocenters. The van der Waals surface area contributed by atoms with Gasteiger partial charge in [0.2, 0.25) is 10.0 Å². The van der Waals surface area contributed by atoms with Crippen molar-refractivity contribution < 1.29 is 13.2 Å². The monoisotopic (exact) mass is 420 g/mol. The first-order valence-electron chi connectivity index (χ1n) is 10.4. The zero-order valence-electron chi connectivity index (χ0n) is 17.4. The van der Waals surface area contributed by atoms with Gasteiger partial charge in [-0.1, -0.05) is 13.3 Å². The van der Waals surface area contributed by atoms with Crippen molar-refractivity contribution in [2.75, 3.05) is 26.7 Å². The highest BCUT2D eigenvalue weighted by atomic mass is 32.2. The van der Waals surface area contributed by atoms with Gasteiger partial charge < -0.3 is 9.72 Å². The summed E-state index contributed by atoms with van der Waals surface area (Å²) in [6, 6.07) is 6.47. The molecule has 1 saturated heterocycles. The molecule has 1 fully saturated rings. The molecule has 0 radical (unpaired) electrons. The summed E-state index contributed by atoms with van der Waals surface area (Å²) in [6.45, 7) is 5.39. The van der Waals surface area contributed by atoms with E-state index in [1.165, 1.54) is 0 Å². The van der Waals surface area contributed by atoms with E-state index in [1.54, 1.807) is 31.4 Å². The van der Waals surface area contributed by atoms with Crippen LogP contribution in [0, 0.1) is 5.92 Å². The Balaban J connectivity index is 1.50. The van der Waals surface area contributed by atoms with Crippen LogP contribution in [-0.2, 0) is 23.0 Å². The minimum absolute atomic E-state index is 0.267. The number of aryl methyl sites for hydroxylation is 1. The number of nitrogens with zero attached hydrogens (tertiary/aromatic N) is 2. The lowest BCUT2D eigenvalue weighted by molar-refractivity contribution is 0.167. The molecule has 0 amide bonds. The molecule has 0 aliphatic carbocycles. The van der Waals surface area contributed by atoms with Crippen molar-refractivity contribution in [3.8, 4) is 5.75 Å². The molecule has 1 aliphatic rings. The average molecular weight is 421 g/mol. The van der Waals surface area contributed by atoms with Crippen LogP contribution in [0.4, 0.5) is 0 Å². The Bertz CT molecular complexity index is 864.